The van der Waals surface area contributed by atoms with Crippen LogP contribution in [0.1, 0.15) is 39.0 Å². The molecule has 0 fully saturated rings. The number of nitrogens with one attached hydrogen (secondary N) is 2. The molecular formula is C22H34IN5O. The van der Waals surface area contributed by atoms with E-state index in [1.165, 1.54) is 0 Å². The van der Waals surface area contributed by atoms with Crippen LogP contribution in [0.15, 0.2) is 47.5 Å². The summed E-state index contributed by atoms with van der Waals surface area (Å²) >= 11 is 0. The van der Waals surface area contributed by atoms with Gasteiger partial charge in [-0.25, -0.2) is 9.98 Å². The van der Waals surface area contributed by atoms with Gasteiger partial charge in [0.1, 0.15) is 17.2 Å². The smallest absolute Gasteiger partial charge is 0.191 e. The molecule has 6 nitrogen and oxygen atoms in total. The van der Waals surface area contributed by atoms with E-state index in [1.807, 2.05) is 76.2 Å². The summed E-state index contributed by atoms with van der Waals surface area (Å²) in [4.78, 5) is 11.4. The summed E-state index contributed by atoms with van der Waals surface area (Å²) < 4.78 is 6.07. The second-order valence-electron chi connectivity index (χ2n) is 7.75. The monoisotopic (exact) mass is 511 g/mol. The van der Waals surface area contributed by atoms with E-state index in [0.717, 1.165) is 35.3 Å². The summed E-state index contributed by atoms with van der Waals surface area (Å²) in [7, 11) is 3.98. The first-order chi connectivity index (χ1) is 13.3. The average molecular weight is 511 g/mol. The van der Waals surface area contributed by atoms with Crippen LogP contribution in [0.5, 0.6) is 5.75 Å². The molecule has 0 spiro atoms. The lowest BCUT2D eigenvalue weighted by atomic mass is 10.1. The van der Waals surface area contributed by atoms with E-state index in [2.05, 4.69) is 28.6 Å². The van der Waals surface area contributed by atoms with Crippen LogP contribution in [-0.4, -0.2) is 37.2 Å². The summed E-state index contributed by atoms with van der Waals surface area (Å²) in [5.74, 6) is 2.56. The third-order valence-electron chi connectivity index (χ3n) is 3.83. The lowest BCUT2D eigenvalue weighted by Gasteiger charge is -2.23. The van der Waals surface area contributed by atoms with E-state index in [1.54, 1.807) is 0 Å². The Balaban J connectivity index is 0.00000420. The Morgan fingerprint density at radius 3 is 2.45 bits per heavy atom. The second-order valence-corrected chi connectivity index (χ2v) is 7.75. The second kappa shape index (κ2) is 11.8. The zero-order valence-electron chi connectivity index (χ0n) is 18.3. The van der Waals surface area contributed by atoms with E-state index in [4.69, 9.17) is 9.73 Å². The molecule has 0 bridgehead atoms. The summed E-state index contributed by atoms with van der Waals surface area (Å²) in [6, 6.07) is 14.1. The van der Waals surface area contributed by atoms with Gasteiger partial charge in [-0.3, -0.25) is 0 Å². The van der Waals surface area contributed by atoms with Gasteiger partial charge in [-0.2, -0.15) is 0 Å². The number of benzene rings is 1. The molecule has 0 aliphatic carbocycles. The van der Waals surface area contributed by atoms with Crippen LogP contribution in [0, 0.1) is 0 Å². The Kier molecular flexibility index (Phi) is 10.2. The maximum Gasteiger partial charge on any atom is 0.191 e. The summed E-state index contributed by atoms with van der Waals surface area (Å²) in [6.45, 7) is 10.1. The van der Waals surface area contributed by atoms with Crippen LogP contribution in [-0.2, 0) is 13.1 Å². The third kappa shape index (κ3) is 8.89. The number of nitrogens with zero attached hydrogens (tertiary/aromatic N) is 3. The first kappa shape index (κ1) is 25.0. The predicted octanol–water partition coefficient (Wildman–Crippen LogP) is 4.20. The van der Waals surface area contributed by atoms with E-state index < -0.39 is 0 Å². The maximum atomic E-state index is 6.07. The normalized spacial score (nSPS) is 11.4. The minimum atomic E-state index is -0.244. The quantitative estimate of drug-likeness (QED) is 0.332. The van der Waals surface area contributed by atoms with E-state index in [-0.39, 0.29) is 29.6 Å². The highest BCUT2D eigenvalue weighted by molar-refractivity contribution is 14.0. The van der Waals surface area contributed by atoms with Crippen molar-refractivity contribution >= 4 is 35.8 Å². The van der Waals surface area contributed by atoms with Crippen molar-refractivity contribution in [2.75, 3.05) is 25.5 Å². The van der Waals surface area contributed by atoms with Crippen LogP contribution in [0.2, 0.25) is 0 Å². The highest BCUT2D eigenvalue weighted by atomic mass is 127. The van der Waals surface area contributed by atoms with Crippen molar-refractivity contribution in [2.24, 2.45) is 4.99 Å². The molecule has 1 heterocycles. The van der Waals surface area contributed by atoms with Crippen molar-refractivity contribution in [1.29, 1.82) is 0 Å². The number of hydrogen-bond acceptors (Lipinski definition) is 4. The van der Waals surface area contributed by atoms with Gasteiger partial charge >= 0.3 is 0 Å². The van der Waals surface area contributed by atoms with Gasteiger partial charge in [0.05, 0.1) is 18.8 Å². The molecule has 1 aromatic heterocycles. The van der Waals surface area contributed by atoms with Crippen LogP contribution >= 0.6 is 24.0 Å². The SMILES string of the molecule is CCNC(=NCc1ccccc1OC(C)(C)C)NCc1cccc(N(C)C)n1.I. The molecule has 0 atom stereocenters. The molecule has 0 unspecified atom stereocenters. The number of aliphatic imine (C=N–C) groups is 1. The zero-order valence-corrected chi connectivity index (χ0v) is 20.7. The van der Waals surface area contributed by atoms with Crippen LogP contribution in [0.3, 0.4) is 0 Å². The van der Waals surface area contributed by atoms with E-state index >= 15 is 0 Å². The van der Waals surface area contributed by atoms with Gasteiger partial charge < -0.3 is 20.3 Å². The van der Waals surface area contributed by atoms with Crippen LogP contribution in [0.25, 0.3) is 0 Å². The Morgan fingerprint density at radius 1 is 1.07 bits per heavy atom. The Morgan fingerprint density at radius 2 is 1.79 bits per heavy atom. The molecule has 29 heavy (non-hydrogen) atoms. The minimum absolute atomic E-state index is 0. The van der Waals surface area contributed by atoms with Gasteiger partial charge in [0.15, 0.2) is 5.96 Å². The summed E-state index contributed by atoms with van der Waals surface area (Å²) in [5.41, 5.74) is 1.78. The largest absolute Gasteiger partial charge is 0.488 e. The van der Waals surface area contributed by atoms with Crippen molar-refractivity contribution in [3.05, 3.63) is 53.7 Å². The molecule has 0 aliphatic heterocycles. The Labute approximate surface area is 192 Å². The average Bonchev–Trinajstić information content (AvgIpc) is 2.64. The predicted molar refractivity (Wildman–Crippen MR) is 132 cm³/mol. The lowest BCUT2D eigenvalue weighted by molar-refractivity contribution is 0.129. The van der Waals surface area contributed by atoms with E-state index in [0.29, 0.717) is 13.1 Å². The van der Waals surface area contributed by atoms with Gasteiger partial charge in [0.2, 0.25) is 0 Å². The van der Waals surface area contributed by atoms with Gasteiger partial charge in [0.25, 0.3) is 0 Å². The molecule has 2 aromatic rings. The van der Waals surface area contributed by atoms with Gasteiger partial charge in [0, 0.05) is 26.2 Å². The number of aromatic nitrogens is 1. The molecule has 0 saturated heterocycles. The number of para-hydroxylation sites is 1. The number of ether oxygens (including phenoxy) is 1. The first-order valence-corrected chi connectivity index (χ1v) is 9.71. The zero-order chi connectivity index (χ0) is 20.6. The van der Waals surface area contributed by atoms with Gasteiger partial charge in [-0.1, -0.05) is 24.3 Å². The Hall–Kier alpha value is -2.03. The molecule has 2 rings (SSSR count). The lowest BCUT2D eigenvalue weighted by Crippen LogP contribution is -2.37. The molecule has 0 radical (unpaired) electrons. The molecule has 1 aromatic carbocycles. The molecule has 160 valence electrons. The molecule has 0 saturated carbocycles. The van der Waals surface area contributed by atoms with Gasteiger partial charge in [-0.15, -0.1) is 24.0 Å². The standard InChI is InChI=1S/C22H33N5O.HI/c1-7-23-21(25-16-18-12-10-14-20(26-18)27(5)6)24-15-17-11-8-9-13-19(17)28-22(2,3)4;/h8-14H,7,15-16H2,1-6H3,(H2,23,24,25);1H. The number of halogens is 1. The molecule has 2 N–H and O–H groups in total. The summed E-state index contributed by atoms with van der Waals surface area (Å²) in [5, 5.41) is 6.65. The fourth-order valence-electron chi connectivity index (χ4n) is 2.56. The number of rotatable bonds is 7. The van der Waals surface area contributed by atoms with Crippen molar-refractivity contribution in [3.63, 3.8) is 0 Å². The molecule has 0 amide bonds. The Bertz CT molecular complexity index is 787. The van der Waals surface area contributed by atoms with Crippen molar-refractivity contribution in [2.45, 2.75) is 46.4 Å². The number of pyridine rings is 1. The molecule has 7 heteroatoms. The van der Waals surface area contributed by atoms with E-state index in [9.17, 15) is 0 Å². The number of hydrogen-bond donors (Lipinski definition) is 2. The molecular weight excluding hydrogens is 477 g/mol. The maximum absolute atomic E-state index is 6.07. The fourth-order valence-corrected chi connectivity index (χ4v) is 2.56. The van der Waals surface area contributed by atoms with Crippen molar-refractivity contribution in [3.8, 4) is 5.75 Å². The third-order valence-corrected chi connectivity index (χ3v) is 3.83. The fraction of sp³-hybridized carbons (Fsp3) is 0.455. The topological polar surface area (TPSA) is 61.8 Å². The number of anilines is 1. The van der Waals surface area contributed by atoms with Crippen LogP contribution in [0.4, 0.5) is 5.82 Å². The summed E-state index contributed by atoms with van der Waals surface area (Å²) in [6.07, 6.45) is 0. The number of guanidine groups is 1. The first-order valence-electron chi connectivity index (χ1n) is 9.71. The van der Waals surface area contributed by atoms with Crippen molar-refractivity contribution < 1.29 is 4.74 Å². The minimum Gasteiger partial charge on any atom is -0.488 e. The van der Waals surface area contributed by atoms with Crippen molar-refractivity contribution in [1.82, 2.24) is 15.6 Å². The highest BCUT2D eigenvalue weighted by Crippen LogP contribution is 2.23. The molecule has 0 aliphatic rings. The highest BCUT2D eigenvalue weighted by Gasteiger charge is 2.14. The van der Waals surface area contributed by atoms with Gasteiger partial charge in [-0.05, 0) is 45.9 Å². The van der Waals surface area contributed by atoms with Crippen LogP contribution < -0.4 is 20.3 Å².